The Hall–Kier alpha value is -2.45. The van der Waals surface area contributed by atoms with Crippen molar-refractivity contribution in [3.63, 3.8) is 0 Å². The average molecular weight is 222 g/mol. The van der Waals surface area contributed by atoms with Gasteiger partial charge in [-0.3, -0.25) is 9.59 Å². The molecule has 0 saturated heterocycles. The third-order valence-electron chi connectivity index (χ3n) is 0.733. The Bertz CT molecular complexity index is 290. The highest BCUT2D eigenvalue weighted by Gasteiger charge is 2.14. The van der Waals surface area contributed by atoms with Crippen molar-refractivity contribution in [1.29, 1.82) is 0 Å². The van der Waals surface area contributed by atoms with E-state index in [2.05, 4.69) is 0 Å². The molecule has 0 aromatic rings. The molecular formula is C6H6O9. The Morgan fingerprint density at radius 1 is 0.667 bits per heavy atom. The third-order valence-corrected chi connectivity index (χ3v) is 0.733. The molecule has 0 radical (unpaired) electrons. The number of ketones is 1. The minimum Gasteiger partial charge on any atom is -0.481 e. The molecule has 0 aromatic carbocycles. The molecule has 0 atom stereocenters. The topological polar surface area (TPSA) is 166 Å². The molecule has 9 nitrogen and oxygen atoms in total. The fourth-order valence-corrected chi connectivity index (χ4v) is 0.213. The first kappa shape index (κ1) is 15.0. The summed E-state index contributed by atoms with van der Waals surface area (Å²) in [6.45, 7) is 0. The molecule has 9 heteroatoms. The monoisotopic (exact) mass is 222 g/mol. The van der Waals surface area contributed by atoms with Crippen molar-refractivity contribution in [2.75, 3.05) is 0 Å². The van der Waals surface area contributed by atoms with Crippen molar-refractivity contribution < 1.29 is 44.4 Å². The van der Waals surface area contributed by atoms with E-state index in [9.17, 15) is 14.4 Å². The molecule has 84 valence electrons. The number of hydrogen-bond donors (Lipinski definition) is 4. The molecule has 0 amide bonds. The van der Waals surface area contributed by atoms with Gasteiger partial charge in [-0.15, -0.1) is 0 Å². The Morgan fingerprint density at radius 3 is 1.07 bits per heavy atom. The summed E-state index contributed by atoms with van der Waals surface area (Å²) in [5.74, 6) is -8.09. The summed E-state index contributed by atoms with van der Waals surface area (Å²) < 4.78 is 0. The molecule has 0 spiro atoms. The number of carboxylic acid groups (broad SMARTS) is 4. The summed E-state index contributed by atoms with van der Waals surface area (Å²) in [4.78, 5) is 47.4. The van der Waals surface area contributed by atoms with Crippen molar-refractivity contribution in [1.82, 2.24) is 0 Å². The van der Waals surface area contributed by atoms with E-state index in [1.807, 2.05) is 0 Å². The van der Waals surface area contributed by atoms with Crippen LogP contribution in [0.5, 0.6) is 0 Å². The predicted octanol–water partition coefficient (Wildman–Crippen LogP) is -1.73. The fourth-order valence-electron chi connectivity index (χ4n) is 0.213. The van der Waals surface area contributed by atoms with Crippen molar-refractivity contribution in [3.05, 3.63) is 0 Å². The molecule has 0 aliphatic rings. The summed E-state index contributed by atoms with van der Waals surface area (Å²) >= 11 is 0. The second-order valence-corrected chi connectivity index (χ2v) is 1.91. The molecule has 0 aliphatic carbocycles. The molecular weight excluding hydrogens is 216 g/mol. The highest BCUT2D eigenvalue weighted by Crippen LogP contribution is 1.81. The lowest BCUT2D eigenvalue weighted by Crippen LogP contribution is -2.16. The van der Waals surface area contributed by atoms with Gasteiger partial charge in [-0.25, -0.2) is 14.4 Å². The van der Waals surface area contributed by atoms with Gasteiger partial charge in [0.1, 0.15) is 6.42 Å². The van der Waals surface area contributed by atoms with Crippen LogP contribution in [0.15, 0.2) is 0 Å². The number of carbonyl (C=O) groups excluding carboxylic acids is 1. The number of hydrogen-bond acceptors (Lipinski definition) is 5. The Morgan fingerprint density at radius 2 is 1.00 bits per heavy atom. The summed E-state index contributed by atoms with van der Waals surface area (Å²) in [7, 11) is 0. The number of rotatable bonds is 3. The molecule has 0 heterocycles. The van der Waals surface area contributed by atoms with Gasteiger partial charge in [-0.2, -0.15) is 0 Å². The molecule has 4 N–H and O–H groups in total. The van der Waals surface area contributed by atoms with E-state index in [1.165, 1.54) is 0 Å². The highest BCUT2D eigenvalue weighted by molar-refractivity contribution is 6.35. The quantitative estimate of drug-likeness (QED) is 0.320. The number of Topliss-reactive ketones (excluding diaryl/α,β-unsaturated/α-hetero) is 1. The Kier molecular flexibility index (Phi) is 7.02. The van der Waals surface area contributed by atoms with Crippen LogP contribution in [-0.4, -0.2) is 50.1 Å². The van der Waals surface area contributed by atoms with E-state index in [-0.39, 0.29) is 0 Å². The zero-order chi connectivity index (χ0) is 12.6. The first-order valence-corrected chi connectivity index (χ1v) is 3.12. The molecule has 15 heavy (non-hydrogen) atoms. The van der Waals surface area contributed by atoms with Crippen LogP contribution in [0.3, 0.4) is 0 Å². The standard InChI is InChI=1S/C4H4O5.C2H2O4/c5-2(4(8)9)1-3(6)7;3-1(4)2(5)6/h1H2,(H,6,7)(H,8,9);(H,3,4)(H,5,6). The Labute approximate surface area is 81.6 Å². The molecule has 0 saturated carbocycles. The van der Waals surface area contributed by atoms with Crippen molar-refractivity contribution >= 4 is 29.7 Å². The zero-order valence-corrected chi connectivity index (χ0v) is 7.04. The van der Waals surface area contributed by atoms with E-state index < -0.39 is 36.1 Å². The van der Waals surface area contributed by atoms with Gasteiger partial charge in [0.25, 0.3) is 5.78 Å². The van der Waals surface area contributed by atoms with Crippen molar-refractivity contribution in [2.45, 2.75) is 6.42 Å². The molecule has 0 aliphatic heterocycles. The van der Waals surface area contributed by atoms with Crippen LogP contribution in [0.2, 0.25) is 0 Å². The van der Waals surface area contributed by atoms with E-state index >= 15 is 0 Å². The van der Waals surface area contributed by atoms with Crippen LogP contribution < -0.4 is 0 Å². The van der Waals surface area contributed by atoms with Crippen LogP contribution in [0.1, 0.15) is 6.42 Å². The van der Waals surface area contributed by atoms with Gasteiger partial charge in [0.05, 0.1) is 0 Å². The number of aliphatic carboxylic acids is 4. The van der Waals surface area contributed by atoms with Crippen LogP contribution in [-0.2, 0) is 24.0 Å². The van der Waals surface area contributed by atoms with Gasteiger partial charge in [-0.1, -0.05) is 0 Å². The minimum atomic E-state index is -1.82. The van der Waals surface area contributed by atoms with E-state index in [0.717, 1.165) is 0 Å². The zero-order valence-electron chi connectivity index (χ0n) is 7.04. The summed E-state index contributed by atoms with van der Waals surface area (Å²) in [5.41, 5.74) is 0. The lowest BCUT2D eigenvalue weighted by atomic mass is 10.3. The molecule has 0 fully saturated rings. The van der Waals surface area contributed by atoms with Crippen LogP contribution in [0, 0.1) is 0 Å². The summed E-state index contributed by atoms with van der Waals surface area (Å²) in [5, 5.41) is 30.4. The lowest BCUT2D eigenvalue weighted by Gasteiger charge is -1.85. The summed E-state index contributed by atoms with van der Waals surface area (Å²) in [6.07, 6.45) is -0.949. The maximum absolute atomic E-state index is 9.97. The first-order valence-electron chi connectivity index (χ1n) is 3.12. The average Bonchev–Trinajstić information content (AvgIpc) is 2.03. The fraction of sp³-hybridized carbons (Fsp3) is 0.167. The van der Waals surface area contributed by atoms with Crippen molar-refractivity contribution in [2.24, 2.45) is 0 Å². The lowest BCUT2D eigenvalue weighted by molar-refractivity contribution is -0.159. The minimum absolute atomic E-state index is 0.949. The van der Waals surface area contributed by atoms with Crippen molar-refractivity contribution in [3.8, 4) is 0 Å². The second-order valence-electron chi connectivity index (χ2n) is 1.91. The molecule has 0 rings (SSSR count). The predicted molar refractivity (Wildman–Crippen MR) is 40.2 cm³/mol. The largest absolute Gasteiger partial charge is 0.481 e. The van der Waals surface area contributed by atoms with E-state index in [1.54, 1.807) is 0 Å². The van der Waals surface area contributed by atoms with Gasteiger partial charge in [0.2, 0.25) is 0 Å². The smallest absolute Gasteiger partial charge is 0.414 e. The Balaban J connectivity index is 0. The van der Waals surface area contributed by atoms with Gasteiger partial charge >= 0.3 is 23.9 Å². The van der Waals surface area contributed by atoms with Crippen LogP contribution >= 0.6 is 0 Å². The number of carbonyl (C=O) groups is 5. The first-order chi connectivity index (χ1) is 6.68. The van der Waals surface area contributed by atoms with Crippen LogP contribution in [0.25, 0.3) is 0 Å². The van der Waals surface area contributed by atoms with Crippen LogP contribution in [0.4, 0.5) is 0 Å². The van der Waals surface area contributed by atoms with E-state index in [4.69, 9.17) is 30.0 Å². The van der Waals surface area contributed by atoms with Gasteiger partial charge < -0.3 is 20.4 Å². The maximum Gasteiger partial charge on any atom is 0.414 e. The summed E-state index contributed by atoms with van der Waals surface area (Å²) in [6, 6.07) is 0. The van der Waals surface area contributed by atoms with Gasteiger partial charge in [0, 0.05) is 0 Å². The molecule has 0 unspecified atom stereocenters. The maximum atomic E-state index is 9.97. The molecule has 0 bridgehead atoms. The third kappa shape index (κ3) is 11.5. The highest BCUT2D eigenvalue weighted by atomic mass is 16.4. The SMILES string of the molecule is O=C(O)C(=O)O.O=C(O)CC(=O)C(=O)O. The second kappa shape index (κ2) is 7.00. The normalized spacial score (nSPS) is 8.00. The molecule has 0 aromatic heterocycles. The number of carboxylic acids is 4. The van der Waals surface area contributed by atoms with Gasteiger partial charge in [0.15, 0.2) is 0 Å². The van der Waals surface area contributed by atoms with E-state index in [0.29, 0.717) is 0 Å². The van der Waals surface area contributed by atoms with Gasteiger partial charge in [-0.05, 0) is 0 Å².